The smallest absolute Gasteiger partial charge is 0.355 e. The molecule has 15 heavy (non-hydrogen) atoms. The minimum absolute atomic E-state index is 0.137. The van der Waals surface area contributed by atoms with E-state index in [0.29, 0.717) is 0 Å². The summed E-state index contributed by atoms with van der Waals surface area (Å²) >= 11 is 1.66. The molecule has 1 aromatic heterocycles. The van der Waals surface area contributed by atoms with Gasteiger partial charge in [-0.2, -0.15) is 0 Å². The zero-order chi connectivity index (χ0) is 11.6. The molecule has 0 fully saturated rings. The van der Waals surface area contributed by atoms with Gasteiger partial charge in [0.1, 0.15) is 0 Å². The Hall–Kier alpha value is -0.830. The molecule has 0 aliphatic rings. The summed E-state index contributed by atoms with van der Waals surface area (Å²) in [7, 11) is 0. The van der Waals surface area contributed by atoms with E-state index in [2.05, 4.69) is 4.98 Å². The summed E-state index contributed by atoms with van der Waals surface area (Å²) in [6.07, 6.45) is -1.84. The molecule has 0 saturated heterocycles. The molecule has 3 N–H and O–H groups in total. The van der Waals surface area contributed by atoms with Crippen LogP contribution in [0, 0.1) is 3.57 Å². The fourth-order valence-electron chi connectivity index (χ4n) is 1.08. The van der Waals surface area contributed by atoms with Gasteiger partial charge in [-0.25, -0.2) is 18.6 Å². The van der Waals surface area contributed by atoms with Gasteiger partial charge >= 0.3 is 5.97 Å². The number of aromatic carboxylic acids is 1. The Bertz CT molecular complexity index is 398. The van der Waals surface area contributed by atoms with E-state index in [9.17, 15) is 13.6 Å². The second-order valence-electron chi connectivity index (χ2n) is 2.66. The summed E-state index contributed by atoms with van der Waals surface area (Å²) < 4.78 is 25.1. The first-order valence-corrected chi connectivity index (χ1v) is 4.95. The molecular formula is C8H7F2IN2O2. The third kappa shape index (κ3) is 2.40. The lowest BCUT2D eigenvalue weighted by Gasteiger charge is -2.10. The zero-order valence-corrected chi connectivity index (χ0v) is 9.53. The van der Waals surface area contributed by atoms with Crippen molar-refractivity contribution in [1.82, 2.24) is 4.98 Å². The average Bonchev–Trinajstić information content (AvgIpc) is 2.16. The monoisotopic (exact) mass is 328 g/mol. The molecule has 0 radical (unpaired) electrons. The van der Waals surface area contributed by atoms with Crippen LogP contribution in [-0.2, 0) is 6.54 Å². The minimum Gasteiger partial charge on any atom is -0.476 e. The number of alkyl halides is 2. The van der Waals surface area contributed by atoms with Crippen LogP contribution in [0.3, 0.4) is 0 Å². The molecule has 4 nitrogen and oxygen atoms in total. The Morgan fingerprint density at radius 3 is 2.67 bits per heavy atom. The van der Waals surface area contributed by atoms with E-state index in [1.165, 1.54) is 0 Å². The molecular weight excluding hydrogens is 321 g/mol. The van der Waals surface area contributed by atoms with E-state index in [0.717, 1.165) is 6.20 Å². The Kier molecular flexibility index (Phi) is 3.91. The number of pyridine rings is 1. The highest BCUT2D eigenvalue weighted by Gasteiger charge is 2.20. The topological polar surface area (TPSA) is 76.2 Å². The summed E-state index contributed by atoms with van der Waals surface area (Å²) in [4.78, 5) is 14.1. The zero-order valence-electron chi connectivity index (χ0n) is 7.38. The van der Waals surface area contributed by atoms with Gasteiger partial charge < -0.3 is 10.8 Å². The summed E-state index contributed by atoms with van der Waals surface area (Å²) in [5.41, 5.74) is 4.87. The van der Waals surface area contributed by atoms with Gasteiger partial charge in [0.15, 0.2) is 5.69 Å². The number of carboxylic acid groups (broad SMARTS) is 1. The van der Waals surface area contributed by atoms with Crippen molar-refractivity contribution in [3.05, 3.63) is 26.6 Å². The number of nitrogens with zero attached hydrogens (tertiary/aromatic N) is 1. The van der Waals surface area contributed by atoms with Crippen LogP contribution >= 0.6 is 22.6 Å². The molecule has 0 saturated carbocycles. The second kappa shape index (κ2) is 4.79. The van der Waals surface area contributed by atoms with Crippen LogP contribution in [0.5, 0.6) is 0 Å². The first kappa shape index (κ1) is 12.2. The predicted molar refractivity (Wildman–Crippen MR) is 56.8 cm³/mol. The Labute approximate surface area is 97.6 Å². The van der Waals surface area contributed by atoms with Crippen molar-refractivity contribution >= 4 is 28.6 Å². The first-order valence-electron chi connectivity index (χ1n) is 3.87. The van der Waals surface area contributed by atoms with Crippen LogP contribution < -0.4 is 5.73 Å². The summed E-state index contributed by atoms with van der Waals surface area (Å²) in [5.74, 6) is -1.25. The van der Waals surface area contributed by atoms with E-state index in [1.54, 1.807) is 22.6 Å². The standard InChI is InChI=1S/C8H7F2IN2O2/c9-7(10)4-2-13-6(8(14)15)5(11)3(4)1-12/h2,7H,1,12H2,(H,14,15). The van der Waals surface area contributed by atoms with Crippen molar-refractivity contribution < 1.29 is 18.7 Å². The number of halogens is 3. The maximum Gasteiger partial charge on any atom is 0.355 e. The van der Waals surface area contributed by atoms with Crippen molar-refractivity contribution in [2.45, 2.75) is 13.0 Å². The number of hydrogen-bond donors (Lipinski definition) is 2. The summed E-state index contributed by atoms with van der Waals surface area (Å²) in [6.45, 7) is -0.138. The maximum absolute atomic E-state index is 12.5. The third-order valence-electron chi connectivity index (χ3n) is 1.80. The Morgan fingerprint density at radius 2 is 2.27 bits per heavy atom. The molecule has 0 aliphatic heterocycles. The van der Waals surface area contributed by atoms with E-state index < -0.39 is 12.4 Å². The predicted octanol–water partition coefficient (Wildman–Crippen LogP) is 1.78. The molecule has 0 amide bonds. The molecule has 1 heterocycles. The van der Waals surface area contributed by atoms with Crippen LogP contribution in [0.2, 0.25) is 0 Å². The molecule has 0 aromatic carbocycles. The lowest BCUT2D eigenvalue weighted by Crippen LogP contribution is -2.12. The van der Waals surface area contributed by atoms with E-state index >= 15 is 0 Å². The van der Waals surface area contributed by atoms with Gasteiger partial charge in [-0.15, -0.1) is 0 Å². The van der Waals surface area contributed by atoms with Crippen molar-refractivity contribution in [2.75, 3.05) is 0 Å². The van der Waals surface area contributed by atoms with Crippen LogP contribution in [-0.4, -0.2) is 16.1 Å². The van der Waals surface area contributed by atoms with Crippen LogP contribution in [0.1, 0.15) is 28.0 Å². The van der Waals surface area contributed by atoms with Crippen molar-refractivity contribution in [1.29, 1.82) is 0 Å². The molecule has 82 valence electrons. The molecule has 7 heteroatoms. The van der Waals surface area contributed by atoms with Gasteiger partial charge in [-0.05, 0) is 28.2 Å². The van der Waals surface area contributed by atoms with E-state index in [-0.39, 0.29) is 26.9 Å². The highest BCUT2D eigenvalue weighted by Crippen LogP contribution is 2.27. The minimum atomic E-state index is -2.70. The van der Waals surface area contributed by atoms with Crippen LogP contribution in [0.4, 0.5) is 8.78 Å². The van der Waals surface area contributed by atoms with Gasteiger partial charge in [-0.1, -0.05) is 0 Å². The second-order valence-corrected chi connectivity index (χ2v) is 3.74. The normalized spacial score (nSPS) is 10.7. The van der Waals surface area contributed by atoms with Gasteiger partial charge in [0.2, 0.25) is 0 Å². The lowest BCUT2D eigenvalue weighted by atomic mass is 10.1. The average molecular weight is 328 g/mol. The number of aromatic nitrogens is 1. The maximum atomic E-state index is 12.5. The fraction of sp³-hybridized carbons (Fsp3) is 0.250. The summed E-state index contributed by atoms with van der Waals surface area (Å²) in [6, 6.07) is 0. The number of hydrogen-bond acceptors (Lipinski definition) is 3. The number of rotatable bonds is 3. The SMILES string of the molecule is NCc1c(C(F)F)cnc(C(=O)O)c1I. The molecule has 0 spiro atoms. The molecule has 0 atom stereocenters. The van der Waals surface area contributed by atoms with E-state index in [1.807, 2.05) is 0 Å². The number of carboxylic acids is 1. The van der Waals surface area contributed by atoms with Crippen molar-refractivity contribution in [3.8, 4) is 0 Å². The molecule has 1 aromatic rings. The van der Waals surface area contributed by atoms with E-state index in [4.69, 9.17) is 10.8 Å². The quantitative estimate of drug-likeness (QED) is 0.830. The van der Waals surface area contributed by atoms with Crippen molar-refractivity contribution in [3.63, 3.8) is 0 Å². The van der Waals surface area contributed by atoms with Gasteiger partial charge in [0.25, 0.3) is 6.43 Å². The Morgan fingerprint density at radius 1 is 1.67 bits per heavy atom. The highest BCUT2D eigenvalue weighted by atomic mass is 127. The molecule has 0 bridgehead atoms. The fourth-order valence-corrected chi connectivity index (χ4v) is 1.98. The largest absolute Gasteiger partial charge is 0.476 e. The van der Waals surface area contributed by atoms with Crippen molar-refractivity contribution in [2.24, 2.45) is 5.73 Å². The summed E-state index contributed by atoms with van der Waals surface area (Å²) in [5, 5.41) is 8.72. The number of carbonyl (C=O) groups is 1. The Balaban J connectivity index is 3.39. The van der Waals surface area contributed by atoms with Gasteiger partial charge in [0, 0.05) is 18.3 Å². The first-order chi connectivity index (χ1) is 6.99. The van der Waals surface area contributed by atoms with Gasteiger partial charge in [-0.3, -0.25) is 0 Å². The molecule has 1 rings (SSSR count). The van der Waals surface area contributed by atoms with Crippen LogP contribution in [0.15, 0.2) is 6.20 Å². The molecule has 0 aliphatic carbocycles. The third-order valence-corrected chi connectivity index (χ3v) is 2.96. The van der Waals surface area contributed by atoms with Crippen LogP contribution in [0.25, 0.3) is 0 Å². The molecule has 0 unspecified atom stereocenters. The number of nitrogens with two attached hydrogens (primary N) is 1. The lowest BCUT2D eigenvalue weighted by molar-refractivity contribution is 0.0688. The highest BCUT2D eigenvalue weighted by molar-refractivity contribution is 14.1. The van der Waals surface area contributed by atoms with Gasteiger partial charge in [0.05, 0.1) is 3.57 Å².